The largest absolute Gasteiger partial charge is 0.370 e. The van der Waals surface area contributed by atoms with E-state index >= 15 is 0 Å². The van der Waals surface area contributed by atoms with Gasteiger partial charge in [-0.1, -0.05) is 6.42 Å². The first-order valence-corrected chi connectivity index (χ1v) is 7.46. The highest BCUT2D eigenvalue weighted by Gasteiger charge is 2.08. The average Bonchev–Trinajstić information content (AvgIpc) is 2.41. The maximum absolute atomic E-state index is 11.9. The van der Waals surface area contributed by atoms with E-state index in [1.165, 1.54) is 0 Å². The van der Waals surface area contributed by atoms with Crippen molar-refractivity contribution in [3.8, 4) is 0 Å². The van der Waals surface area contributed by atoms with Crippen LogP contribution in [0.4, 0.5) is 0 Å². The van der Waals surface area contributed by atoms with Crippen LogP contribution in [-0.4, -0.2) is 50.0 Å². The molecule has 0 aliphatic rings. The number of rotatable bonds is 11. The van der Waals surface area contributed by atoms with E-state index in [0.717, 1.165) is 38.6 Å². The van der Waals surface area contributed by atoms with Crippen LogP contribution in [0, 0.1) is 5.41 Å². The molecule has 0 heterocycles. The van der Waals surface area contributed by atoms with Gasteiger partial charge in [0.2, 0.25) is 5.91 Å². The molecule has 0 saturated heterocycles. The second kappa shape index (κ2) is 11.5. The number of unbranched alkanes of at least 4 members (excludes halogenated alkanes) is 2. The quantitative estimate of drug-likeness (QED) is 0.257. The highest BCUT2D eigenvalue weighted by molar-refractivity contribution is 5.75. The van der Waals surface area contributed by atoms with E-state index in [-0.39, 0.29) is 11.9 Å². The van der Waals surface area contributed by atoms with Gasteiger partial charge in [-0.25, -0.2) is 0 Å². The Morgan fingerprint density at radius 2 is 2.00 bits per heavy atom. The van der Waals surface area contributed by atoms with Gasteiger partial charge in [-0.2, -0.15) is 0 Å². The molecule has 0 aromatic carbocycles. The third kappa shape index (κ3) is 10.6. The van der Waals surface area contributed by atoms with E-state index in [1.54, 1.807) is 0 Å². The summed E-state index contributed by atoms with van der Waals surface area (Å²) >= 11 is 0. The van der Waals surface area contributed by atoms with Crippen molar-refractivity contribution in [1.29, 1.82) is 5.41 Å². The molecule has 0 spiro atoms. The maximum atomic E-state index is 11.9. The standard InChI is InChI=1S/C14H31N5O/c1-12(17-2)8-5-7-11-19(3)13(20)9-4-6-10-18-14(15)16/h12,17H,4-11H2,1-3H3,(H4,15,16,18)/t12-/m1/s1. The van der Waals surface area contributed by atoms with Gasteiger partial charge in [0, 0.05) is 32.6 Å². The Morgan fingerprint density at radius 1 is 1.30 bits per heavy atom. The third-order valence-electron chi connectivity index (χ3n) is 3.43. The van der Waals surface area contributed by atoms with Crippen LogP contribution in [0.5, 0.6) is 0 Å². The average molecular weight is 285 g/mol. The number of hydrogen-bond acceptors (Lipinski definition) is 3. The maximum Gasteiger partial charge on any atom is 0.222 e. The lowest BCUT2D eigenvalue weighted by Crippen LogP contribution is -2.31. The van der Waals surface area contributed by atoms with Gasteiger partial charge in [0.25, 0.3) is 0 Å². The van der Waals surface area contributed by atoms with Crippen LogP contribution in [0.25, 0.3) is 0 Å². The fraction of sp³-hybridized carbons (Fsp3) is 0.857. The number of guanidine groups is 1. The summed E-state index contributed by atoms with van der Waals surface area (Å²) in [6, 6.07) is 0.546. The van der Waals surface area contributed by atoms with Crippen LogP contribution in [0.15, 0.2) is 0 Å². The van der Waals surface area contributed by atoms with Gasteiger partial charge in [-0.05, 0) is 39.7 Å². The third-order valence-corrected chi connectivity index (χ3v) is 3.43. The molecule has 0 fully saturated rings. The molecule has 20 heavy (non-hydrogen) atoms. The fourth-order valence-electron chi connectivity index (χ4n) is 1.88. The second-order valence-corrected chi connectivity index (χ2v) is 5.30. The van der Waals surface area contributed by atoms with E-state index in [0.29, 0.717) is 19.0 Å². The number of hydrogen-bond donors (Lipinski definition) is 4. The van der Waals surface area contributed by atoms with E-state index in [4.69, 9.17) is 11.1 Å². The molecule has 5 N–H and O–H groups in total. The zero-order chi connectivity index (χ0) is 15.4. The smallest absolute Gasteiger partial charge is 0.222 e. The molecule has 118 valence electrons. The Morgan fingerprint density at radius 3 is 2.60 bits per heavy atom. The summed E-state index contributed by atoms with van der Waals surface area (Å²) in [6.45, 7) is 3.67. The summed E-state index contributed by atoms with van der Waals surface area (Å²) in [5, 5.41) is 13.0. The normalized spacial score (nSPS) is 11.9. The van der Waals surface area contributed by atoms with Crippen molar-refractivity contribution in [3.05, 3.63) is 0 Å². The number of nitrogens with one attached hydrogen (secondary N) is 3. The molecular formula is C14H31N5O. The zero-order valence-electron chi connectivity index (χ0n) is 13.2. The summed E-state index contributed by atoms with van der Waals surface area (Å²) in [4.78, 5) is 13.7. The molecule has 1 amide bonds. The second-order valence-electron chi connectivity index (χ2n) is 5.30. The lowest BCUT2D eigenvalue weighted by atomic mass is 10.1. The van der Waals surface area contributed by atoms with Crippen LogP contribution in [0.3, 0.4) is 0 Å². The van der Waals surface area contributed by atoms with E-state index in [2.05, 4.69) is 17.6 Å². The molecule has 6 heteroatoms. The molecule has 0 aliphatic heterocycles. The van der Waals surface area contributed by atoms with Crippen LogP contribution in [-0.2, 0) is 4.79 Å². The Balaban J connectivity index is 3.53. The van der Waals surface area contributed by atoms with Crippen LogP contribution >= 0.6 is 0 Å². The minimum Gasteiger partial charge on any atom is -0.370 e. The molecule has 0 aromatic heterocycles. The van der Waals surface area contributed by atoms with Crippen molar-refractivity contribution in [2.24, 2.45) is 5.73 Å². The van der Waals surface area contributed by atoms with Gasteiger partial charge in [-0.15, -0.1) is 0 Å². The Bertz CT molecular complexity index is 283. The molecule has 0 unspecified atom stereocenters. The lowest BCUT2D eigenvalue weighted by Gasteiger charge is -2.17. The molecule has 0 radical (unpaired) electrons. The van der Waals surface area contributed by atoms with Crippen molar-refractivity contribution < 1.29 is 4.79 Å². The van der Waals surface area contributed by atoms with Crippen molar-refractivity contribution in [1.82, 2.24) is 15.5 Å². The minimum absolute atomic E-state index is 0.00996. The number of nitrogens with zero attached hydrogens (tertiary/aromatic N) is 1. The topological polar surface area (TPSA) is 94.2 Å². The Kier molecular flexibility index (Phi) is 10.8. The number of amides is 1. The van der Waals surface area contributed by atoms with Crippen molar-refractivity contribution in [2.75, 3.05) is 27.2 Å². The first-order valence-electron chi connectivity index (χ1n) is 7.46. The Labute approximate surface area is 123 Å². The van der Waals surface area contributed by atoms with Gasteiger partial charge in [0.15, 0.2) is 5.96 Å². The molecule has 6 nitrogen and oxygen atoms in total. The monoisotopic (exact) mass is 285 g/mol. The highest BCUT2D eigenvalue weighted by Crippen LogP contribution is 2.04. The van der Waals surface area contributed by atoms with Gasteiger partial charge in [-0.3, -0.25) is 10.2 Å². The van der Waals surface area contributed by atoms with E-state index < -0.39 is 0 Å². The molecule has 1 atom stereocenters. The molecule has 0 saturated carbocycles. The Hall–Kier alpha value is -1.30. The molecule has 0 aromatic rings. The fourth-order valence-corrected chi connectivity index (χ4v) is 1.88. The van der Waals surface area contributed by atoms with Crippen LogP contribution in [0.1, 0.15) is 45.4 Å². The molecular weight excluding hydrogens is 254 g/mol. The summed E-state index contributed by atoms with van der Waals surface area (Å²) in [6.07, 6.45) is 5.61. The number of nitrogens with two attached hydrogens (primary N) is 1. The van der Waals surface area contributed by atoms with Gasteiger partial charge >= 0.3 is 0 Å². The molecule has 0 bridgehead atoms. The summed E-state index contributed by atoms with van der Waals surface area (Å²) in [5.74, 6) is 0.193. The van der Waals surface area contributed by atoms with Crippen molar-refractivity contribution >= 4 is 11.9 Å². The van der Waals surface area contributed by atoms with E-state index in [1.807, 2.05) is 19.0 Å². The van der Waals surface area contributed by atoms with Gasteiger partial charge in [0.1, 0.15) is 0 Å². The molecule has 0 rings (SSSR count). The van der Waals surface area contributed by atoms with Crippen molar-refractivity contribution in [3.63, 3.8) is 0 Å². The van der Waals surface area contributed by atoms with Gasteiger partial charge < -0.3 is 21.3 Å². The molecule has 0 aliphatic carbocycles. The predicted octanol–water partition coefficient (Wildman–Crippen LogP) is 0.876. The van der Waals surface area contributed by atoms with Crippen molar-refractivity contribution in [2.45, 2.75) is 51.5 Å². The van der Waals surface area contributed by atoms with Crippen LogP contribution in [0.2, 0.25) is 0 Å². The van der Waals surface area contributed by atoms with E-state index in [9.17, 15) is 4.79 Å². The van der Waals surface area contributed by atoms with Crippen LogP contribution < -0.4 is 16.4 Å². The summed E-state index contributed by atoms with van der Waals surface area (Å²) in [5.41, 5.74) is 5.17. The summed E-state index contributed by atoms with van der Waals surface area (Å²) < 4.78 is 0. The SMILES string of the molecule is CN[C@H](C)CCCCN(C)C(=O)CCCCNC(=N)N. The lowest BCUT2D eigenvalue weighted by molar-refractivity contribution is -0.130. The number of carbonyl (C=O) groups excluding carboxylic acids is 1. The summed E-state index contributed by atoms with van der Waals surface area (Å²) in [7, 11) is 3.85. The zero-order valence-corrected chi connectivity index (χ0v) is 13.2. The predicted molar refractivity (Wildman–Crippen MR) is 83.8 cm³/mol. The number of carbonyl (C=O) groups is 1. The van der Waals surface area contributed by atoms with Gasteiger partial charge in [0.05, 0.1) is 0 Å². The highest BCUT2D eigenvalue weighted by atomic mass is 16.2. The minimum atomic E-state index is -0.00996. The first-order chi connectivity index (χ1) is 9.47. The first kappa shape index (κ1) is 18.7.